The third-order valence-electron chi connectivity index (χ3n) is 2.09. The fourth-order valence-electron chi connectivity index (χ4n) is 1.40. The van der Waals surface area contributed by atoms with Crippen LogP contribution in [0.25, 0.3) is 16.3 Å². The summed E-state index contributed by atoms with van der Waals surface area (Å²) in [5.41, 5.74) is 0.822. The maximum Gasteiger partial charge on any atom is 0.192 e. The van der Waals surface area contributed by atoms with Gasteiger partial charge in [0.05, 0.1) is 9.21 Å². The summed E-state index contributed by atoms with van der Waals surface area (Å²) in [5.74, 6) is 0.704. The zero-order valence-electron chi connectivity index (χ0n) is 7.89. The van der Waals surface area contributed by atoms with Crippen molar-refractivity contribution >= 4 is 44.5 Å². The molecule has 0 aliphatic heterocycles. The molecule has 0 N–H and O–H groups in total. The van der Waals surface area contributed by atoms with E-state index in [4.69, 9.17) is 11.6 Å². The normalized spacial score (nSPS) is 11.1. The molecule has 0 bridgehead atoms. The fraction of sp³-hybridized carbons (Fsp3) is 0. The van der Waals surface area contributed by atoms with Crippen molar-refractivity contribution in [2.75, 3.05) is 0 Å². The Morgan fingerprint density at radius 3 is 2.88 bits per heavy atom. The molecule has 0 radical (unpaired) electrons. The van der Waals surface area contributed by atoms with Crippen LogP contribution in [0, 0.1) is 0 Å². The number of hydrogen-bond donors (Lipinski definition) is 0. The minimum Gasteiger partial charge on any atom is -0.219 e. The molecule has 3 rings (SSSR count). The zero-order chi connectivity index (χ0) is 11.1. The average molecular weight is 315 g/mol. The van der Waals surface area contributed by atoms with Gasteiger partial charge in [0.1, 0.15) is 0 Å². The number of halogens is 2. The summed E-state index contributed by atoms with van der Waals surface area (Å²) in [4.78, 5) is 5.40. The van der Waals surface area contributed by atoms with Crippen LogP contribution in [0.5, 0.6) is 0 Å². The van der Waals surface area contributed by atoms with E-state index in [-0.39, 0.29) is 0 Å². The first-order valence-corrected chi connectivity index (χ1v) is 6.49. The molecule has 0 aliphatic rings. The van der Waals surface area contributed by atoms with E-state index in [2.05, 4.69) is 26.0 Å². The van der Waals surface area contributed by atoms with Gasteiger partial charge in [-0.25, -0.2) is 9.50 Å². The number of pyridine rings is 1. The highest BCUT2D eigenvalue weighted by Crippen LogP contribution is 2.29. The van der Waals surface area contributed by atoms with Crippen LogP contribution in [-0.2, 0) is 0 Å². The van der Waals surface area contributed by atoms with Crippen molar-refractivity contribution in [1.29, 1.82) is 0 Å². The van der Waals surface area contributed by atoms with Crippen LogP contribution in [0.1, 0.15) is 0 Å². The van der Waals surface area contributed by atoms with E-state index < -0.39 is 0 Å². The molecule has 0 aliphatic carbocycles. The van der Waals surface area contributed by atoms with Gasteiger partial charge in [0.25, 0.3) is 0 Å². The van der Waals surface area contributed by atoms with Crippen molar-refractivity contribution in [3.05, 3.63) is 39.3 Å². The Labute approximate surface area is 109 Å². The van der Waals surface area contributed by atoms with Gasteiger partial charge < -0.3 is 0 Å². The standard InChI is InChI=1S/C10H5BrClN3S/c11-6-1-4-9-13-10(14-15(9)5-6)7-2-3-8(12)16-7/h1-5H. The minimum absolute atomic E-state index is 0.704. The van der Waals surface area contributed by atoms with Crippen LogP contribution in [-0.4, -0.2) is 14.6 Å². The third kappa shape index (κ3) is 1.75. The molecule has 0 atom stereocenters. The van der Waals surface area contributed by atoms with Crippen molar-refractivity contribution in [1.82, 2.24) is 14.6 Å². The fourth-order valence-corrected chi connectivity index (χ4v) is 2.70. The number of thiophene rings is 1. The minimum atomic E-state index is 0.704. The number of rotatable bonds is 1. The first kappa shape index (κ1) is 10.3. The molecule has 16 heavy (non-hydrogen) atoms. The summed E-state index contributed by atoms with van der Waals surface area (Å²) < 4.78 is 3.46. The van der Waals surface area contributed by atoms with Crippen molar-refractivity contribution in [3.8, 4) is 10.7 Å². The number of hydrogen-bond acceptors (Lipinski definition) is 3. The monoisotopic (exact) mass is 313 g/mol. The predicted octanol–water partition coefficient (Wildman–Crippen LogP) is 3.87. The smallest absolute Gasteiger partial charge is 0.192 e. The summed E-state index contributed by atoms with van der Waals surface area (Å²) in [6.45, 7) is 0. The molecule has 0 amide bonds. The van der Waals surface area contributed by atoms with Crippen LogP contribution in [0.4, 0.5) is 0 Å². The highest BCUT2D eigenvalue weighted by atomic mass is 79.9. The lowest BCUT2D eigenvalue weighted by Crippen LogP contribution is -1.85. The summed E-state index contributed by atoms with van der Waals surface area (Å²) in [6, 6.07) is 7.63. The van der Waals surface area contributed by atoms with Gasteiger partial charge in [0, 0.05) is 10.7 Å². The highest BCUT2D eigenvalue weighted by Gasteiger charge is 2.08. The lowest BCUT2D eigenvalue weighted by molar-refractivity contribution is 0.962. The molecule has 3 heterocycles. The summed E-state index contributed by atoms with van der Waals surface area (Å²) in [5, 5.41) is 4.38. The highest BCUT2D eigenvalue weighted by molar-refractivity contribution is 9.10. The molecular formula is C10H5BrClN3S. The zero-order valence-corrected chi connectivity index (χ0v) is 11.1. The molecule has 0 fully saturated rings. The van der Waals surface area contributed by atoms with Crippen LogP contribution in [0.3, 0.4) is 0 Å². The summed E-state index contributed by atoms with van der Waals surface area (Å²) in [7, 11) is 0. The lowest BCUT2D eigenvalue weighted by Gasteiger charge is -1.90. The summed E-state index contributed by atoms with van der Waals surface area (Å²) >= 11 is 10.8. The van der Waals surface area contributed by atoms with Gasteiger partial charge in [-0.2, -0.15) is 0 Å². The average Bonchev–Trinajstić information content (AvgIpc) is 2.83. The Kier molecular flexibility index (Phi) is 2.46. The van der Waals surface area contributed by atoms with Gasteiger partial charge in [-0.3, -0.25) is 0 Å². The Bertz CT molecular complexity index is 661. The van der Waals surface area contributed by atoms with Crippen molar-refractivity contribution in [2.45, 2.75) is 0 Å². The van der Waals surface area contributed by atoms with Gasteiger partial charge in [-0.05, 0) is 40.2 Å². The second-order valence-electron chi connectivity index (χ2n) is 3.19. The van der Waals surface area contributed by atoms with Crippen LogP contribution < -0.4 is 0 Å². The van der Waals surface area contributed by atoms with Crippen LogP contribution in [0.2, 0.25) is 4.34 Å². The molecule has 3 nitrogen and oxygen atoms in total. The maximum absolute atomic E-state index is 5.88. The number of nitrogens with zero attached hydrogens (tertiary/aromatic N) is 3. The molecule has 0 unspecified atom stereocenters. The topological polar surface area (TPSA) is 30.2 Å². The SMILES string of the molecule is Clc1ccc(-c2nc3ccc(Br)cn3n2)s1. The first-order chi connectivity index (χ1) is 7.72. The number of aromatic nitrogens is 3. The van der Waals surface area contributed by atoms with Gasteiger partial charge >= 0.3 is 0 Å². The molecule has 0 aromatic carbocycles. The van der Waals surface area contributed by atoms with E-state index in [1.807, 2.05) is 30.5 Å². The van der Waals surface area contributed by atoms with Crippen molar-refractivity contribution in [2.24, 2.45) is 0 Å². The molecule has 80 valence electrons. The van der Waals surface area contributed by atoms with E-state index >= 15 is 0 Å². The quantitative estimate of drug-likeness (QED) is 0.682. The van der Waals surface area contributed by atoms with E-state index in [1.165, 1.54) is 11.3 Å². The van der Waals surface area contributed by atoms with Crippen LogP contribution in [0.15, 0.2) is 34.9 Å². The predicted molar refractivity (Wildman–Crippen MR) is 69.0 cm³/mol. The Morgan fingerprint density at radius 1 is 1.25 bits per heavy atom. The lowest BCUT2D eigenvalue weighted by atomic mass is 10.4. The molecule has 6 heteroatoms. The molecule has 3 aromatic heterocycles. The summed E-state index contributed by atoms with van der Waals surface area (Å²) in [6.07, 6.45) is 1.88. The van der Waals surface area contributed by atoms with Crippen LogP contribution >= 0.6 is 38.9 Å². The van der Waals surface area contributed by atoms with E-state index in [1.54, 1.807) is 4.52 Å². The van der Waals surface area contributed by atoms with E-state index in [9.17, 15) is 0 Å². The molecule has 0 spiro atoms. The van der Waals surface area contributed by atoms with Gasteiger partial charge in [-0.1, -0.05) is 11.6 Å². The Morgan fingerprint density at radius 2 is 2.12 bits per heavy atom. The van der Waals surface area contributed by atoms with Crippen molar-refractivity contribution in [3.63, 3.8) is 0 Å². The molecule has 0 saturated heterocycles. The molecular weight excluding hydrogens is 310 g/mol. The van der Waals surface area contributed by atoms with E-state index in [0.717, 1.165) is 19.3 Å². The van der Waals surface area contributed by atoms with Gasteiger partial charge in [0.15, 0.2) is 11.5 Å². The largest absolute Gasteiger partial charge is 0.219 e. The maximum atomic E-state index is 5.88. The molecule has 0 saturated carbocycles. The second kappa shape index (κ2) is 3.84. The number of fused-ring (bicyclic) bond motifs is 1. The Balaban J connectivity index is 2.18. The second-order valence-corrected chi connectivity index (χ2v) is 5.82. The van der Waals surface area contributed by atoms with Crippen molar-refractivity contribution < 1.29 is 0 Å². The molecule has 3 aromatic rings. The van der Waals surface area contributed by atoms with Gasteiger partial charge in [0.2, 0.25) is 0 Å². The van der Waals surface area contributed by atoms with E-state index in [0.29, 0.717) is 5.82 Å². The van der Waals surface area contributed by atoms with Gasteiger partial charge in [-0.15, -0.1) is 16.4 Å². The first-order valence-electron chi connectivity index (χ1n) is 4.50. The Hall–Kier alpha value is -0.910. The third-order valence-corrected chi connectivity index (χ3v) is 3.78.